The third kappa shape index (κ3) is 4.34. The molecule has 6 heteroatoms. The molecule has 4 rings (SSSR count). The molecule has 0 radical (unpaired) electrons. The van der Waals surface area contributed by atoms with Crippen molar-refractivity contribution in [1.82, 2.24) is 10.2 Å². The van der Waals surface area contributed by atoms with Gasteiger partial charge in [-0.15, -0.1) is 11.8 Å². The molecule has 2 aliphatic heterocycles. The molecule has 2 atom stereocenters. The van der Waals surface area contributed by atoms with E-state index in [9.17, 15) is 9.18 Å². The monoisotopic (exact) mass is 386 g/mol. The number of nitrogens with one attached hydrogen (secondary N) is 1. The van der Waals surface area contributed by atoms with Crippen molar-refractivity contribution >= 4 is 17.7 Å². The number of halogens is 1. The van der Waals surface area contributed by atoms with Gasteiger partial charge >= 0.3 is 0 Å². The SMILES string of the molecule is O=C(NCC(c1cccc(F)c1)N1CCOCC1)C1Cc2ccccc2S1. The second-order valence-corrected chi connectivity index (χ2v) is 8.13. The first kappa shape index (κ1) is 18.5. The minimum Gasteiger partial charge on any atom is -0.379 e. The molecule has 0 aliphatic carbocycles. The van der Waals surface area contributed by atoms with Crippen LogP contribution in [-0.4, -0.2) is 48.9 Å². The maximum Gasteiger partial charge on any atom is 0.233 e. The lowest BCUT2D eigenvalue weighted by Crippen LogP contribution is -2.45. The quantitative estimate of drug-likeness (QED) is 0.858. The molecule has 0 aromatic heterocycles. The Kier molecular flexibility index (Phi) is 5.76. The average Bonchev–Trinajstić information content (AvgIpc) is 3.13. The summed E-state index contributed by atoms with van der Waals surface area (Å²) in [7, 11) is 0. The smallest absolute Gasteiger partial charge is 0.233 e. The largest absolute Gasteiger partial charge is 0.379 e. The van der Waals surface area contributed by atoms with Gasteiger partial charge < -0.3 is 10.1 Å². The third-order valence-corrected chi connectivity index (χ3v) is 6.45. The van der Waals surface area contributed by atoms with Gasteiger partial charge in [-0.1, -0.05) is 30.3 Å². The molecule has 2 aromatic carbocycles. The van der Waals surface area contributed by atoms with Crippen molar-refractivity contribution in [2.45, 2.75) is 22.6 Å². The minimum absolute atomic E-state index is 0.0471. The number of ether oxygens (including phenoxy) is 1. The Hall–Kier alpha value is -1.89. The Bertz CT molecular complexity index is 785. The van der Waals surface area contributed by atoms with Crippen LogP contribution in [0.2, 0.25) is 0 Å². The topological polar surface area (TPSA) is 41.6 Å². The lowest BCUT2D eigenvalue weighted by Gasteiger charge is -2.35. The molecular weight excluding hydrogens is 363 g/mol. The Morgan fingerprint density at radius 2 is 2.04 bits per heavy atom. The molecule has 2 unspecified atom stereocenters. The van der Waals surface area contributed by atoms with Gasteiger partial charge in [-0.05, 0) is 35.7 Å². The van der Waals surface area contributed by atoms with E-state index in [0.29, 0.717) is 19.8 Å². The minimum atomic E-state index is -0.251. The zero-order valence-corrected chi connectivity index (χ0v) is 15.9. The predicted octanol–water partition coefficient (Wildman–Crippen LogP) is 3.03. The first-order valence-electron chi connectivity index (χ1n) is 9.30. The van der Waals surface area contributed by atoms with E-state index >= 15 is 0 Å². The van der Waals surface area contributed by atoms with E-state index in [1.54, 1.807) is 23.9 Å². The van der Waals surface area contributed by atoms with Gasteiger partial charge in [-0.2, -0.15) is 0 Å². The summed E-state index contributed by atoms with van der Waals surface area (Å²) in [5.41, 5.74) is 2.12. The van der Waals surface area contributed by atoms with Crippen LogP contribution < -0.4 is 5.32 Å². The molecule has 2 heterocycles. The van der Waals surface area contributed by atoms with E-state index < -0.39 is 0 Å². The summed E-state index contributed by atoms with van der Waals surface area (Å²) in [5, 5.41) is 3.01. The van der Waals surface area contributed by atoms with Crippen molar-refractivity contribution < 1.29 is 13.9 Å². The summed E-state index contributed by atoms with van der Waals surface area (Å²) >= 11 is 1.62. The zero-order chi connectivity index (χ0) is 18.6. The van der Waals surface area contributed by atoms with Crippen LogP contribution in [0, 0.1) is 5.82 Å². The molecular formula is C21H23FN2O2S. The van der Waals surface area contributed by atoms with Gasteiger partial charge in [-0.25, -0.2) is 4.39 Å². The van der Waals surface area contributed by atoms with E-state index in [2.05, 4.69) is 22.3 Å². The summed E-state index contributed by atoms with van der Waals surface area (Å²) in [6, 6.07) is 14.8. The second-order valence-electron chi connectivity index (χ2n) is 6.88. The maximum absolute atomic E-state index is 13.8. The van der Waals surface area contributed by atoms with Crippen LogP contribution in [0.4, 0.5) is 4.39 Å². The van der Waals surface area contributed by atoms with Crippen LogP contribution in [0.5, 0.6) is 0 Å². The van der Waals surface area contributed by atoms with Crippen molar-refractivity contribution in [3.05, 3.63) is 65.5 Å². The predicted molar refractivity (Wildman–Crippen MR) is 104 cm³/mol. The number of rotatable bonds is 5. The van der Waals surface area contributed by atoms with Crippen molar-refractivity contribution in [3.63, 3.8) is 0 Å². The summed E-state index contributed by atoms with van der Waals surface area (Å²) in [4.78, 5) is 16.2. The molecule has 0 saturated carbocycles. The van der Waals surface area contributed by atoms with E-state index in [1.165, 1.54) is 16.5 Å². The van der Waals surface area contributed by atoms with E-state index in [0.717, 1.165) is 25.1 Å². The number of benzene rings is 2. The maximum atomic E-state index is 13.8. The summed E-state index contributed by atoms with van der Waals surface area (Å²) in [6.45, 7) is 3.35. The summed E-state index contributed by atoms with van der Waals surface area (Å²) in [5.74, 6) is -0.204. The lowest BCUT2D eigenvalue weighted by atomic mass is 10.0. The van der Waals surface area contributed by atoms with Gasteiger partial charge in [0.2, 0.25) is 5.91 Å². The number of hydrogen-bond donors (Lipinski definition) is 1. The number of hydrogen-bond acceptors (Lipinski definition) is 4. The van der Waals surface area contributed by atoms with Gasteiger partial charge in [0.1, 0.15) is 5.82 Å². The normalized spacial score (nSPS) is 20.9. The first-order valence-corrected chi connectivity index (χ1v) is 10.2. The van der Waals surface area contributed by atoms with Gasteiger partial charge in [0.25, 0.3) is 0 Å². The Morgan fingerprint density at radius 1 is 1.22 bits per heavy atom. The van der Waals surface area contributed by atoms with E-state index in [4.69, 9.17) is 4.74 Å². The first-order chi connectivity index (χ1) is 13.2. The number of amides is 1. The zero-order valence-electron chi connectivity index (χ0n) is 15.1. The van der Waals surface area contributed by atoms with Crippen LogP contribution in [0.15, 0.2) is 53.4 Å². The van der Waals surface area contributed by atoms with Crippen LogP contribution >= 0.6 is 11.8 Å². The number of carbonyl (C=O) groups is 1. The standard InChI is InChI=1S/C21H23FN2O2S/c22-17-6-3-5-15(12-17)18(24-8-10-26-11-9-24)14-23-21(25)20-13-16-4-1-2-7-19(16)27-20/h1-7,12,18,20H,8-11,13-14H2,(H,23,25). The summed E-state index contributed by atoms with van der Waals surface area (Å²) in [6.07, 6.45) is 0.759. The van der Waals surface area contributed by atoms with Crippen molar-refractivity contribution in [1.29, 1.82) is 0 Å². The van der Waals surface area contributed by atoms with E-state index in [1.807, 2.05) is 18.2 Å². The van der Waals surface area contributed by atoms with E-state index in [-0.39, 0.29) is 23.0 Å². The third-order valence-electron chi connectivity index (χ3n) is 5.13. The fourth-order valence-corrected chi connectivity index (χ4v) is 4.92. The highest BCUT2D eigenvalue weighted by Gasteiger charge is 2.29. The van der Waals surface area contributed by atoms with Crippen LogP contribution in [-0.2, 0) is 16.0 Å². The van der Waals surface area contributed by atoms with Crippen LogP contribution in [0.1, 0.15) is 17.2 Å². The molecule has 2 aromatic rings. The number of thioether (sulfide) groups is 1. The highest BCUT2D eigenvalue weighted by molar-refractivity contribution is 8.01. The molecule has 0 bridgehead atoms. The van der Waals surface area contributed by atoms with Gasteiger partial charge in [0.15, 0.2) is 0 Å². The Morgan fingerprint density at radius 3 is 2.81 bits per heavy atom. The second kappa shape index (κ2) is 8.42. The van der Waals surface area contributed by atoms with Crippen molar-refractivity contribution in [2.75, 3.05) is 32.8 Å². The van der Waals surface area contributed by atoms with Gasteiger partial charge in [0, 0.05) is 24.5 Å². The molecule has 1 saturated heterocycles. The highest BCUT2D eigenvalue weighted by Crippen LogP contribution is 2.36. The molecule has 1 fully saturated rings. The van der Waals surface area contributed by atoms with Crippen LogP contribution in [0.25, 0.3) is 0 Å². The molecule has 2 aliphatic rings. The van der Waals surface area contributed by atoms with Gasteiger partial charge in [0.05, 0.1) is 24.5 Å². The summed E-state index contributed by atoms with van der Waals surface area (Å²) < 4.78 is 19.2. The highest BCUT2D eigenvalue weighted by atomic mass is 32.2. The molecule has 1 N–H and O–H groups in total. The number of carbonyl (C=O) groups excluding carboxylic acids is 1. The Balaban J connectivity index is 1.43. The lowest BCUT2D eigenvalue weighted by molar-refractivity contribution is -0.120. The molecule has 0 spiro atoms. The molecule has 27 heavy (non-hydrogen) atoms. The number of fused-ring (bicyclic) bond motifs is 1. The van der Waals surface area contributed by atoms with Gasteiger partial charge in [-0.3, -0.25) is 9.69 Å². The average molecular weight is 386 g/mol. The fraction of sp³-hybridized carbons (Fsp3) is 0.381. The molecule has 142 valence electrons. The van der Waals surface area contributed by atoms with Crippen molar-refractivity contribution in [3.8, 4) is 0 Å². The fourth-order valence-electron chi connectivity index (χ4n) is 3.70. The van der Waals surface area contributed by atoms with Crippen LogP contribution in [0.3, 0.4) is 0 Å². The Labute approximate surface area is 163 Å². The molecule has 4 nitrogen and oxygen atoms in total. The number of morpholine rings is 1. The molecule has 1 amide bonds. The van der Waals surface area contributed by atoms with Crippen molar-refractivity contribution in [2.24, 2.45) is 0 Å². The number of nitrogens with zero attached hydrogens (tertiary/aromatic N) is 1.